The number of carbonyl (C=O) groups is 1. The van der Waals surface area contributed by atoms with Crippen molar-refractivity contribution in [1.82, 2.24) is 14.9 Å². The molecule has 7 heteroatoms. The van der Waals surface area contributed by atoms with Crippen LogP contribution in [0.1, 0.15) is 5.69 Å². The highest BCUT2D eigenvalue weighted by atomic mass is 16.5. The number of nitrogens with one attached hydrogen (secondary N) is 1. The molecule has 0 aliphatic carbocycles. The monoisotopic (exact) mass is 242 g/mol. The van der Waals surface area contributed by atoms with Crippen molar-refractivity contribution in [1.29, 1.82) is 0 Å². The standard InChI is InChI=1S/C10H18N4O3/c1-13-6-11-5-8(13)4-9(10(15)16)12-7-14(2,3)17/h5-6,9,12H,4,7H2,1-3H3,(H,15,16)/t9-/m0/s1. The average molecular weight is 242 g/mol. The zero-order chi connectivity index (χ0) is 13.1. The summed E-state index contributed by atoms with van der Waals surface area (Å²) in [7, 11) is 4.71. The molecule has 1 aromatic rings. The number of quaternary nitrogens is 1. The Morgan fingerprint density at radius 1 is 1.71 bits per heavy atom. The van der Waals surface area contributed by atoms with Crippen molar-refractivity contribution in [2.45, 2.75) is 12.5 Å². The predicted molar refractivity (Wildman–Crippen MR) is 61.8 cm³/mol. The highest BCUT2D eigenvalue weighted by Gasteiger charge is 2.20. The summed E-state index contributed by atoms with van der Waals surface area (Å²) in [5.41, 5.74) is 0.807. The van der Waals surface area contributed by atoms with Crippen molar-refractivity contribution in [3.05, 3.63) is 23.4 Å². The molecule has 1 aromatic heterocycles. The van der Waals surface area contributed by atoms with Crippen molar-refractivity contribution >= 4 is 5.97 Å². The molecule has 2 N–H and O–H groups in total. The Morgan fingerprint density at radius 2 is 2.35 bits per heavy atom. The fourth-order valence-electron chi connectivity index (χ4n) is 1.37. The van der Waals surface area contributed by atoms with E-state index in [1.54, 1.807) is 24.1 Å². The van der Waals surface area contributed by atoms with E-state index in [4.69, 9.17) is 5.11 Å². The lowest BCUT2D eigenvalue weighted by Crippen LogP contribution is -2.49. The molecule has 0 radical (unpaired) electrons. The van der Waals surface area contributed by atoms with E-state index in [2.05, 4.69) is 10.3 Å². The number of carboxylic acids is 1. The summed E-state index contributed by atoms with van der Waals surface area (Å²) in [6, 6.07) is -0.781. The van der Waals surface area contributed by atoms with Crippen molar-refractivity contribution in [3.63, 3.8) is 0 Å². The number of imidazole rings is 1. The maximum Gasteiger partial charge on any atom is 0.321 e. The van der Waals surface area contributed by atoms with E-state index < -0.39 is 16.7 Å². The van der Waals surface area contributed by atoms with Gasteiger partial charge in [-0.3, -0.25) is 10.1 Å². The fraction of sp³-hybridized carbons (Fsp3) is 0.600. The molecule has 7 nitrogen and oxygen atoms in total. The minimum Gasteiger partial charge on any atom is -0.632 e. The summed E-state index contributed by atoms with van der Waals surface area (Å²) < 4.78 is 1.18. The Bertz CT molecular complexity index is 383. The number of nitrogens with zero attached hydrogens (tertiary/aromatic N) is 3. The van der Waals surface area contributed by atoms with E-state index >= 15 is 0 Å². The van der Waals surface area contributed by atoms with Gasteiger partial charge in [-0.25, -0.2) is 4.98 Å². The second-order valence-electron chi connectivity index (χ2n) is 4.53. The molecule has 0 amide bonds. The smallest absolute Gasteiger partial charge is 0.321 e. The third-order valence-corrected chi connectivity index (χ3v) is 2.35. The molecule has 0 saturated carbocycles. The molecule has 0 saturated heterocycles. The van der Waals surface area contributed by atoms with E-state index in [1.807, 2.05) is 0 Å². The van der Waals surface area contributed by atoms with E-state index in [9.17, 15) is 10.0 Å². The van der Waals surface area contributed by atoms with Gasteiger partial charge in [-0.1, -0.05) is 0 Å². The summed E-state index contributed by atoms with van der Waals surface area (Å²) in [6.45, 7) is 0.0504. The summed E-state index contributed by atoms with van der Waals surface area (Å²) in [5.74, 6) is -0.973. The predicted octanol–water partition coefficient (Wildman–Crippen LogP) is -0.463. The highest BCUT2D eigenvalue weighted by Crippen LogP contribution is 2.03. The van der Waals surface area contributed by atoms with Crippen molar-refractivity contribution in [2.75, 3.05) is 20.8 Å². The van der Waals surface area contributed by atoms with Crippen LogP contribution in [0.3, 0.4) is 0 Å². The minimum atomic E-state index is -0.973. The Hall–Kier alpha value is -1.44. The highest BCUT2D eigenvalue weighted by molar-refractivity contribution is 5.73. The van der Waals surface area contributed by atoms with E-state index in [1.165, 1.54) is 14.1 Å². The van der Waals surface area contributed by atoms with Gasteiger partial charge in [0.15, 0.2) is 0 Å². The number of carboxylic acid groups (broad SMARTS) is 1. The van der Waals surface area contributed by atoms with Gasteiger partial charge in [-0.05, 0) is 0 Å². The van der Waals surface area contributed by atoms with Gasteiger partial charge in [-0.15, -0.1) is 0 Å². The van der Waals surface area contributed by atoms with E-state index in [0.29, 0.717) is 6.42 Å². The molecule has 0 fully saturated rings. The first-order chi connectivity index (χ1) is 7.79. The van der Waals surface area contributed by atoms with Crippen LogP contribution in [0.4, 0.5) is 0 Å². The van der Waals surface area contributed by atoms with Crippen LogP contribution in [0.2, 0.25) is 0 Å². The number of aromatic nitrogens is 2. The topological polar surface area (TPSA) is 90.2 Å². The molecule has 0 spiro atoms. The summed E-state index contributed by atoms with van der Waals surface area (Å²) in [4.78, 5) is 15.0. The molecule has 1 heterocycles. The van der Waals surface area contributed by atoms with Gasteiger partial charge < -0.3 is 19.5 Å². The number of rotatable bonds is 6. The van der Waals surface area contributed by atoms with Crippen LogP contribution in [-0.4, -0.2) is 52.1 Å². The van der Waals surface area contributed by atoms with Gasteiger partial charge in [0.2, 0.25) is 0 Å². The number of hydrogen-bond donors (Lipinski definition) is 2. The second kappa shape index (κ2) is 5.26. The number of aryl methyl sites for hydroxylation is 1. The first-order valence-corrected chi connectivity index (χ1v) is 5.25. The molecule has 96 valence electrons. The minimum absolute atomic E-state index is 0.0504. The van der Waals surface area contributed by atoms with Crippen molar-refractivity contribution in [2.24, 2.45) is 7.05 Å². The zero-order valence-corrected chi connectivity index (χ0v) is 10.3. The molecule has 0 unspecified atom stereocenters. The summed E-state index contributed by atoms with van der Waals surface area (Å²) in [6.07, 6.45) is 3.53. The van der Waals surface area contributed by atoms with Gasteiger partial charge in [0.05, 0.1) is 20.4 Å². The lowest BCUT2D eigenvalue weighted by atomic mass is 10.1. The Labute approximate surface area is 99.8 Å². The number of aliphatic carboxylic acids is 1. The quantitative estimate of drug-likeness (QED) is 0.400. The van der Waals surface area contributed by atoms with Crippen LogP contribution >= 0.6 is 0 Å². The molecular weight excluding hydrogens is 224 g/mol. The Balaban J connectivity index is 2.62. The van der Waals surface area contributed by atoms with Crippen LogP contribution in [0.15, 0.2) is 12.5 Å². The first-order valence-electron chi connectivity index (χ1n) is 5.25. The maximum absolute atomic E-state index is 11.4. The van der Waals surface area contributed by atoms with Crippen LogP contribution in [-0.2, 0) is 18.3 Å². The largest absolute Gasteiger partial charge is 0.632 e. The summed E-state index contributed by atoms with van der Waals surface area (Å²) >= 11 is 0. The molecule has 0 aliphatic rings. The first kappa shape index (κ1) is 13.6. The average Bonchev–Trinajstić information content (AvgIpc) is 2.56. The van der Waals surface area contributed by atoms with Crippen molar-refractivity contribution < 1.29 is 14.5 Å². The van der Waals surface area contributed by atoms with Crippen LogP contribution in [0.5, 0.6) is 0 Å². The zero-order valence-electron chi connectivity index (χ0n) is 10.3. The third kappa shape index (κ3) is 4.51. The fourth-order valence-corrected chi connectivity index (χ4v) is 1.37. The van der Waals surface area contributed by atoms with Gasteiger partial charge in [-0.2, -0.15) is 0 Å². The third-order valence-electron chi connectivity index (χ3n) is 2.35. The second-order valence-corrected chi connectivity index (χ2v) is 4.53. The molecule has 0 aliphatic heterocycles. The van der Waals surface area contributed by atoms with Crippen LogP contribution in [0, 0.1) is 5.21 Å². The molecular formula is C10H18N4O3. The van der Waals surface area contributed by atoms with Crippen LogP contribution < -0.4 is 5.32 Å². The van der Waals surface area contributed by atoms with Gasteiger partial charge in [0.25, 0.3) is 0 Å². The Kier molecular flexibility index (Phi) is 4.22. The molecule has 1 atom stereocenters. The lowest BCUT2D eigenvalue weighted by Gasteiger charge is -2.34. The van der Waals surface area contributed by atoms with E-state index in [0.717, 1.165) is 5.69 Å². The van der Waals surface area contributed by atoms with Crippen molar-refractivity contribution in [3.8, 4) is 0 Å². The SMILES string of the molecule is Cn1cncc1C[C@H](NC[N+](C)(C)[O-])C(=O)O. The summed E-state index contributed by atoms with van der Waals surface area (Å²) in [5, 5.41) is 23.2. The normalized spacial score (nSPS) is 13.6. The molecule has 1 rings (SSSR count). The molecule has 0 bridgehead atoms. The van der Waals surface area contributed by atoms with Crippen LogP contribution in [0.25, 0.3) is 0 Å². The Morgan fingerprint density at radius 3 is 2.76 bits per heavy atom. The lowest BCUT2D eigenvalue weighted by molar-refractivity contribution is -0.843. The number of hydroxylamine groups is 3. The van der Waals surface area contributed by atoms with Gasteiger partial charge in [0.1, 0.15) is 12.7 Å². The molecule has 0 aromatic carbocycles. The maximum atomic E-state index is 11.4. The van der Waals surface area contributed by atoms with E-state index in [-0.39, 0.29) is 6.67 Å². The molecule has 17 heavy (non-hydrogen) atoms. The van der Waals surface area contributed by atoms with Gasteiger partial charge in [0, 0.05) is 25.4 Å². The number of hydrogen-bond acceptors (Lipinski definition) is 4. The van der Waals surface area contributed by atoms with Gasteiger partial charge >= 0.3 is 5.97 Å².